The van der Waals surface area contributed by atoms with E-state index < -0.39 is 0 Å². The lowest BCUT2D eigenvalue weighted by Crippen LogP contribution is -2.01. The zero-order valence-corrected chi connectivity index (χ0v) is 10.6. The Hall–Kier alpha value is -0.780. The summed E-state index contributed by atoms with van der Waals surface area (Å²) in [6.45, 7) is 13.3. The molecule has 0 N–H and O–H groups in total. The second-order valence-corrected chi connectivity index (χ2v) is 4.74. The Balaban J connectivity index is 3.09. The van der Waals surface area contributed by atoms with E-state index >= 15 is 0 Å². The van der Waals surface area contributed by atoms with Crippen molar-refractivity contribution in [2.24, 2.45) is 11.8 Å². The summed E-state index contributed by atoms with van der Waals surface area (Å²) in [4.78, 5) is 0. The van der Waals surface area contributed by atoms with Gasteiger partial charge in [0.05, 0.1) is 0 Å². The van der Waals surface area contributed by atoms with Crippen LogP contribution in [0.25, 0.3) is 0 Å². The van der Waals surface area contributed by atoms with Gasteiger partial charge in [-0.25, -0.2) is 0 Å². The highest BCUT2D eigenvalue weighted by atomic mass is 14.2. The summed E-state index contributed by atoms with van der Waals surface area (Å²) in [5, 5.41) is 0. The molecule has 0 aliphatic heterocycles. The van der Waals surface area contributed by atoms with Crippen LogP contribution in [0.3, 0.4) is 0 Å². The van der Waals surface area contributed by atoms with Crippen LogP contribution in [0.1, 0.15) is 47.0 Å². The average Bonchev–Trinajstić information content (AvgIpc) is 2.35. The predicted molar refractivity (Wildman–Crippen MR) is 68.8 cm³/mol. The van der Waals surface area contributed by atoms with Crippen LogP contribution in [0, 0.1) is 11.8 Å². The summed E-state index contributed by atoms with van der Waals surface area (Å²) in [6.07, 6.45) is 8.14. The molecule has 0 spiro atoms. The highest BCUT2D eigenvalue weighted by Crippen LogP contribution is 2.32. The molecular formula is C15H24. The van der Waals surface area contributed by atoms with Crippen LogP contribution in [0.5, 0.6) is 0 Å². The van der Waals surface area contributed by atoms with Gasteiger partial charge in [0.1, 0.15) is 0 Å². The van der Waals surface area contributed by atoms with Crippen LogP contribution < -0.4 is 0 Å². The van der Waals surface area contributed by atoms with Gasteiger partial charge in [0.15, 0.2) is 0 Å². The zero-order valence-electron chi connectivity index (χ0n) is 10.6. The molecule has 0 saturated heterocycles. The Morgan fingerprint density at radius 2 is 2.13 bits per heavy atom. The first-order valence-electron chi connectivity index (χ1n) is 6.19. The van der Waals surface area contributed by atoms with E-state index in [4.69, 9.17) is 0 Å². The van der Waals surface area contributed by atoms with Gasteiger partial charge in [-0.2, -0.15) is 0 Å². The van der Waals surface area contributed by atoms with E-state index in [1.54, 1.807) is 0 Å². The van der Waals surface area contributed by atoms with E-state index in [2.05, 4.69) is 46.4 Å². The highest BCUT2D eigenvalue weighted by molar-refractivity contribution is 5.42. The molecule has 0 saturated carbocycles. The van der Waals surface area contributed by atoms with Crippen molar-refractivity contribution >= 4 is 0 Å². The molecule has 2 unspecified atom stereocenters. The molecule has 0 heterocycles. The first kappa shape index (κ1) is 12.3. The fourth-order valence-electron chi connectivity index (χ4n) is 2.29. The van der Waals surface area contributed by atoms with Crippen molar-refractivity contribution < 1.29 is 0 Å². The second kappa shape index (κ2) is 5.34. The second-order valence-electron chi connectivity index (χ2n) is 4.74. The lowest BCUT2D eigenvalue weighted by molar-refractivity contribution is 0.661. The van der Waals surface area contributed by atoms with Gasteiger partial charge in [-0.15, -0.1) is 0 Å². The van der Waals surface area contributed by atoms with Crippen LogP contribution in [0.15, 0.2) is 35.5 Å². The number of hydrogen-bond acceptors (Lipinski definition) is 0. The molecule has 2 atom stereocenters. The number of hydrogen-bond donors (Lipinski definition) is 0. The molecule has 1 aliphatic carbocycles. The Bertz CT molecular complexity index is 291. The van der Waals surface area contributed by atoms with Gasteiger partial charge in [0, 0.05) is 0 Å². The van der Waals surface area contributed by atoms with Crippen molar-refractivity contribution in [3.63, 3.8) is 0 Å². The van der Waals surface area contributed by atoms with E-state index in [1.165, 1.54) is 23.1 Å². The zero-order chi connectivity index (χ0) is 11.4. The molecule has 0 radical (unpaired) electrons. The molecule has 0 aromatic heterocycles. The van der Waals surface area contributed by atoms with E-state index in [9.17, 15) is 0 Å². The van der Waals surface area contributed by atoms with Crippen molar-refractivity contribution in [2.75, 3.05) is 0 Å². The van der Waals surface area contributed by atoms with E-state index in [-0.39, 0.29) is 0 Å². The van der Waals surface area contributed by atoms with Crippen LogP contribution in [0.4, 0.5) is 0 Å². The summed E-state index contributed by atoms with van der Waals surface area (Å²) in [5.74, 6) is 1.30. The average molecular weight is 204 g/mol. The van der Waals surface area contributed by atoms with Crippen LogP contribution in [0.2, 0.25) is 0 Å². The van der Waals surface area contributed by atoms with Crippen molar-refractivity contribution in [3.05, 3.63) is 35.5 Å². The Labute approximate surface area is 94.8 Å². The summed E-state index contributed by atoms with van der Waals surface area (Å²) in [6, 6.07) is 0. The normalized spacial score (nSPS) is 24.3. The van der Waals surface area contributed by atoms with Crippen molar-refractivity contribution in [1.82, 2.24) is 0 Å². The summed E-state index contributed by atoms with van der Waals surface area (Å²) in [5.41, 5.74) is 4.38. The first-order valence-corrected chi connectivity index (χ1v) is 6.19. The molecule has 0 fully saturated rings. The van der Waals surface area contributed by atoms with Crippen LogP contribution in [-0.4, -0.2) is 0 Å². The first-order chi connectivity index (χ1) is 7.10. The molecule has 0 aromatic carbocycles. The van der Waals surface area contributed by atoms with E-state index in [0.717, 1.165) is 12.8 Å². The third-order valence-electron chi connectivity index (χ3n) is 3.44. The van der Waals surface area contributed by atoms with Gasteiger partial charge in [0.2, 0.25) is 0 Å². The molecule has 1 rings (SSSR count). The predicted octanol–water partition coefficient (Wildman–Crippen LogP) is 4.89. The van der Waals surface area contributed by atoms with Crippen LogP contribution >= 0.6 is 0 Å². The summed E-state index contributed by atoms with van der Waals surface area (Å²) in [7, 11) is 0. The maximum atomic E-state index is 4.25. The molecule has 15 heavy (non-hydrogen) atoms. The molecule has 1 aliphatic rings. The number of allylic oxidation sites excluding steroid dienone is 5. The Kier molecular flexibility index (Phi) is 4.38. The van der Waals surface area contributed by atoms with Gasteiger partial charge < -0.3 is 0 Å². The third kappa shape index (κ3) is 2.84. The quantitative estimate of drug-likeness (QED) is 0.614. The minimum Gasteiger partial charge on any atom is -0.0955 e. The summed E-state index contributed by atoms with van der Waals surface area (Å²) < 4.78 is 0. The van der Waals surface area contributed by atoms with Gasteiger partial charge in [-0.1, -0.05) is 52.0 Å². The van der Waals surface area contributed by atoms with Gasteiger partial charge in [0.25, 0.3) is 0 Å². The molecule has 0 heteroatoms. The molecular weight excluding hydrogens is 180 g/mol. The maximum Gasteiger partial charge on any atom is -0.0190 e. The Morgan fingerprint density at radius 1 is 1.47 bits per heavy atom. The monoisotopic (exact) mass is 204 g/mol. The smallest absolute Gasteiger partial charge is 0.0190 e. The van der Waals surface area contributed by atoms with Crippen LogP contribution in [-0.2, 0) is 0 Å². The topological polar surface area (TPSA) is 0 Å². The molecule has 0 bridgehead atoms. The van der Waals surface area contributed by atoms with Gasteiger partial charge >= 0.3 is 0 Å². The molecule has 84 valence electrons. The van der Waals surface area contributed by atoms with Crippen molar-refractivity contribution in [1.29, 1.82) is 0 Å². The lowest BCUT2D eigenvalue weighted by Gasteiger charge is -2.16. The standard InChI is InChI=1S/C15H24/c1-6-12(4)15-9-8-11(3)10-13(5)14(15)7-2/h8-9,11-12H,5-7,10H2,1-4H3. The fourth-order valence-corrected chi connectivity index (χ4v) is 2.29. The van der Waals surface area contributed by atoms with Crippen molar-refractivity contribution in [2.45, 2.75) is 47.0 Å². The third-order valence-corrected chi connectivity index (χ3v) is 3.44. The lowest BCUT2D eigenvalue weighted by atomic mass is 9.89. The molecule has 0 aromatic rings. The fraction of sp³-hybridized carbons (Fsp3) is 0.600. The van der Waals surface area contributed by atoms with Gasteiger partial charge in [-0.3, -0.25) is 0 Å². The van der Waals surface area contributed by atoms with Crippen molar-refractivity contribution in [3.8, 4) is 0 Å². The largest absolute Gasteiger partial charge is 0.0955 e. The summed E-state index contributed by atoms with van der Waals surface area (Å²) >= 11 is 0. The minimum absolute atomic E-state index is 0.639. The molecule has 0 nitrogen and oxygen atoms in total. The maximum absolute atomic E-state index is 4.25. The number of rotatable bonds is 3. The highest BCUT2D eigenvalue weighted by Gasteiger charge is 2.16. The minimum atomic E-state index is 0.639. The van der Waals surface area contributed by atoms with E-state index in [0.29, 0.717) is 11.8 Å². The van der Waals surface area contributed by atoms with Gasteiger partial charge in [-0.05, 0) is 42.2 Å². The Morgan fingerprint density at radius 3 is 2.67 bits per heavy atom. The molecule has 0 amide bonds. The van der Waals surface area contributed by atoms with E-state index in [1.807, 2.05) is 0 Å². The SMILES string of the molecule is C=C1CC(C)C=CC(C(C)CC)=C1CC.